The summed E-state index contributed by atoms with van der Waals surface area (Å²) in [4.78, 5) is 16.3. The minimum Gasteiger partial charge on any atom is -0.292 e. The predicted molar refractivity (Wildman–Crippen MR) is 78.5 cm³/mol. The molecule has 0 fully saturated rings. The van der Waals surface area contributed by atoms with Crippen molar-refractivity contribution in [1.29, 1.82) is 0 Å². The molecule has 0 aliphatic heterocycles. The van der Waals surface area contributed by atoms with E-state index in [-0.39, 0.29) is 5.78 Å². The molecule has 0 saturated carbocycles. The Morgan fingerprint density at radius 3 is 2.05 bits per heavy atom. The maximum Gasteiger partial charge on any atom is 0.186 e. The summed E-state index contributed by atoms with van der Waals surface area (Å²) in [5.41, 5.74) is 2.11. The molecule has 0 spiro atoms. The van der Waals surface area contributed by atoms with Gasteiger partial charge in [0.1, 0.15) is 5.69 Å². The monoisotopic (exact) mass is 273 g/mol. The number of rotatable bonds is 2. The molecule has 1 aromatic heterocycles. The largest absolute Gasteiger partial charge is 0.292 e. The lowest BCUT2D eigenvalue weighted by molar-refractivity contribution is 0.0853. The Balaban J connectivity index is 2.28. The van der Waals surface area contributed by atoms with E-state index in [2.05, 4.69) is 4.98 Å². The van der Waals surface area contributed by atoms with E-state index < -0.39 is 5.41 Å². The van der Waals surface area contributed by atoms with E-state index in [1.807, 2.05) is 51.1 Å². The van der Waals surface area contributed by atoms with Crippen molar-refractivity contribution in [2.45, 2.75) is 20.8 Å². The van der Waals surface area contributed by atoms with E-state index in [1.165, 1.54) is 0 Å². The van der Waals surface area contributed by atoms with Crippen LogP contribution in [-0.2, 0) is 0 Å². The average molecular weight is 274 g/mol. The van der Waals surface area contributed by atoms with Crippen LogP contribution in [0.3, 0.4) is 0 Å². The Kier molecular flexibility index (Phi) is 3.72. The zero-order valence-corrected chi connectivity index (χ0v) is 12.0. The summed E-state index contributed by atoms with van der Waals surface area (Å²) >= 11 is 5.86. The highest BCUT2D eigenvalue weighted by Crippen LogP contribution is 2.23. The molecule has 0 unspecified atom stereocenters. The van der Waals surface area contributed by atoms with Crippen LogP contribution in [0.15, 0.2) is 42.6 Å². The van der Waals surface area contributed by atoms with Crippen molar-refractivity contribution in [2.75, 3.05) is 0 Å². The number of hydrogen-bond donors (Lipinski definition) is 0. The topological polar surface area (TPSA) is 30.0 Å². The highest BCUT2D eigenvalue weighted by atomic mass is 35.5. The van der Waals surface area contributed by atoms with Gasteiger partial charge in [-0.25, -0.2) is 0 Å². The lowest BCUT2D eigenvalue weighted by Gasteiger charge is -2.15. The Morgan fingerprint density at radius 1 is 1.00 bits per heavy atom. The average Bonchev–Trinajstić information content (AvgIpc) is 2.38. The first-order valence-corrected chi connectivity index (χ1v) is 6.52. The van der Waals surface area contributed by atoms with E-state index in [0.29, 0.717) is 10.7 Å². The quantitative estimate of drug-likeness (QED) is 0.747. The van der Waals surface area contributed by atoms with Crippen molar-refractivity contribution in [3.8, 4) is 11.1 Å². The molecule has 19 heavy (non-hydrogen) atoms. The van der Waals surface area contributed by atoms with Crippen molar-refractivity contribution < 1.29 is 4.79 Å². The third kappa shape index (κ3) is 3.21. The summed E-state index contributed by atoms with van der Waals surface area (Å²) < 4.78 is 0. The summed E-state index contributed by atoms with van der Waals surface area (Å²) in [5, 5.41) is 0.705. The molecule has 1 heterocycles. The fourth-order valence-corrected chi connectivity index (χ4v) is 1.85. The number of carbonyl (C=O) groups is 1. The van der Waals surface area contributed by atoms with Gasteiger partial charge in [0, 0.05) is 22.2 Å². The molecule has 0 N–H and O–H groups in total. The molecule has 0 radical (unpaired) electrons. The van der Waals surface area contributed by atoms with Crippen LogP contribution >= 0.6 is 11.6 Å². The van der Waals surface area contributed by atoms with Gasteiger partial charge in [-0.05, 0) is 23.8 Å². The molecule has 0 atom stereocenters. The van der Waals surface area contributed by atoms with Crippen LogP contribution in [-0.4, -0.2) is 10.8 Å². The fourth-order valence-electron chi connectivity index (χ4n) is 1.73. The standard InChI is InChI=1S/C16H16ClNO/c1-16(2,3)15(19)14-9-6-12(10-18-14)11-4-7-13(17)8-5-11/h4-10H,1-3H3. The molecule has 0 saturated heterocycles. The van der Waals surface area contributed by atoms with Gasteiger partial charge in [0.25, 0.3) is 0 Å². The summed E-state index contributed by atoms with van der Waals surface area (Å²) in [6.45, 7) is 5.68. The Bertz CT molecular complexity index is 580. The maximum absolute atomic E-state index is 12.1. The van der Waals surface area contributed by atoms with Crippen LogP contribution in [0.25, 0.3) is 11.1 Å². The van der Waals surface area contributed by atoms with E-state index in [0.717, 1.165) is 11.1 Å². The third-order valence-electron chi connectivity index (χ3n) is 2.85. The molecule has 2 rings (SSSR count). The van der Waals surface area contributed by atoms with Crippen molar-refractivity contribution in [3.63, 3.8) is 0 Å². The lowest BCUT2D eigenvalue weighted by Crippen LogP contribution is -2.21. The molecular weight excluding hydrogens is 258 g/mol. The molecule has 0 aliphatic rings. The number of Topliss-reactive ketones (excluding diaryl/α,β-unsaturated/α-hetero) is 1. The number of aromatic nitrogens is 1. The van der Waals surface area contributed by atoms with Crippen molar-refractivity contribution in [2.24, 2.45) is 5.41 Å². The van der Waals surface area contributed by atoms with E-state index in [4.69, 9.17) is 11.6 Å². The smallest absolute Gasteiger partial charge is 0.186 e. The highest BCUT2D eigenvalue weighted by Gasteiger charge is 2.23. The summed E-state index contributed by atoms with van der Waals surface area (Å²) in [5.74, 6) is 0.0511. The Hall–Kier alpha value is -1.67. The van der Waals surface area contributed by atoms with E-state index in [1.54, 1.807) is 12.3 Å². The lowest BCUT2D eigenvalue weighted by atomic mass is 9.88. The first kappa shape index (κ1) is 13.8. The summed E-state index contributed by atoms with van der Waals surface area (Å²) in [7, 11) is 0. The molecule has 3 heteroatoms. The van der Waals surface area contributed by atoms with Gasteiger partial charge >= 0.3 is 0 Å². The van der Waals surface area contributed by atoms with Crippen LogP contribution in [0.5, 0.6) is 0 Å². The molecule has 0 amide bonds. The number of hydrogen-bond acceptors (Lipinski definition) is 2. The van der Waals surface area contributed by atoms with Crippen LogP contribution in [0.1, 0.15) is 31.3 Å². The number of halogens is 1. The summed E-state index contributed by atoms with van der Waals surface area (Å²) in [6, 6.07) is 11.2. The molecule has 1 aromatic carbocycles. The van der Waals surface area contributed by atoms with Crippen LogP contribution < -0.4 is 0 Å². The first-order chi connectivity index (χ1) is 8.88. The second-order valence-electron chi connectivity index (χ2n) is 5.52. The van der Waals surface area contributed by atoms with Gasteiger partial charge in [-0.1, -0.05) is 50.6 Å². The third-order valence-corrected chi connectivity index (χ3v) is 3.11. The van der Waals surface area contributed by atoms with Gasteiger partial charge in [0.05, 0.1) is 0 Å². The van der Waals surface area contributed by atoms with Crippen LogP contribution in [0, 0.1) is 5.41 Å². The van der Waals surface area contributed by atoms with Gasteiger partial charge in [-0.15, -0.1) is 0 Å². The minimum absolute atomic E-state index is 0.0511. The molecular formula is C16H16ClNO. The number of ketones is 1. The predicted octanol–water partition coefficient (Wildman–Crippen LogP) is 4.63. The van der Waals surface area contributed by atoms with Crippen LogP contribution in [0.4, 0.5) is 0 Å². The molecule has 98 valence electrons. The maximum atomic E-state index is 12.1. The van der Waals surface area contributed by atoms with Gasteiger partial charge in [0.2, 0.25) is 0 Å². The Morgan fingerprint density at radius 2 is 1.58 bits per heavy atom. The molecule has 0 bridgehead atoms. The number of carbonyl (C=O) groups excluding carboxylic acids is 1. The van der Waals surface area contributed by atoms with Gasteiger partial charge in [-0.3, -0.25) is 9.78 Å². The molecule has 2 aromatic rings. The number of pyridine rings is 1. The highest BCUT2D eigenvalue weighted by molar-refractivity contribution is 6.30. The van der Waals surface area contributed by atoms with Crippen molar-refractivity contribution in [1.82, 2.24) is 4.98 Å². The zero-order chi connectivity index (χ0) is 14.0. The second kappa shape index (κ2) is 5.14. The fraction of sp³-hybridized carbons (Fsp3) is 0.250. The zero-order valence-electron chi connectivity index (χ0n) is 11.3. The Labute approximate surface area is 118 Å². The molecule has 2 nitrogen and oxygen atoms in total. The molecule has 0 aliphatic carbocycles. The van der Waals surface area contributed by atoms with Crippen LogP contribution in [0.2, 0.25) is 5.02 Å². The SMILES string of the molecule is CC(C)(C)C(=O)c1ccc(-c2ccc(Cl)cc2)cn1. The first-order valence-electron chi connectivity index (χ1n) is 6.15. The summed E-state index contributed by atoms with van der Waals surface area (Å²) in [6.07, 6.45) is 1.72. The number of benzene rings is 1. The van der Waals surface area contributed by atoms with E-state index >= 15 is 0 Å². The van der Waals surface area contributed by atoms with Crippen molar-refractivity contribution in [3.05, 3.63) is 53.3 Å². The normalized spacial score (nSPS) is 11.4. The number of nitrogens with zero attached hydrogens (tertiary/aromatic N) is 1. The van der Waals surface area contributed by atoms with Gasteiger partial charge < -0.3 is 0 Å². The van der Waals surface area contributed by atoms with Gasteiger partial charge in [0.15, 0.2) is 5.78 Å². The second-order valence-corrected chi connectivity index (χ2v) is 5.95. The van der Waals surface area contributed by atoms with E-state index in [9.17, 15) is 4.79 Å². The minimum atomic E-state index is -0.408. The van der Waals surface area contributed by atoms with Crippen molar-refractivity contribution >= 4 is 17.4 Å². The van der Waals surface area contributed by atoms with Gasteiger partial charge in [-0.2, -0.15) is 0 Å².